The molecule has 0 radical (unpaired) electrons. The second-order valence-corrected chi connectivity index (χ2v) is 3.40. The maximum Gasteiger partial charge on any atom is 0.164 e. The molecule has 1 rings (SSSR count). The lowest BCUT2D eigenvalue weighted by Crippen LogP contribution is -1.96. The molecule has 0 aliphatic rings. The molecule has 3 heteroatoms. The van der Waals surface area contributed by atoms with E-state index >= 15 is 0 Å². The summed E-state index contributed by atoms with van der Waals surface area (Å²) in [6.07, 6.45) is 4.15. The van der Waals surface area contributed by atoms with Crippen molar-refractivity contribution in [2.45, 2.75) is 19.9 Å². The molecule has 1 aromatic heterocycles. The molecule has 1 heterocycles. The molecule has 0 atom stereocenters. The number of carbonyl (C=O) groups is 1. The van der Waals surface area contributed by atoms with E-state index in [1.54, 1.807) is 12.3 Å². The minimum absolute atomic E-state index is 0.152. The Morgan fingerprint density at radius 2 is 2.38 bits per heavy atom. The van der Waals surface area contributed by atoms with Gasteiger partial charge in [0.2, 0.25) is 0 Å². The van der Waals surface area contributed by atoms with Crippen LogP contribution in [0.4, 0.5) is 0 Å². The van der Waals surface area contributed by atoms with Crippen LogP contribution in [0.25, 0.3) is 0 Å². The van der Waals surface area contributed by atoms with Gasteiger partial charge in [0.15, 0.2) is 5.78 Å². The summed E-state index contributed by atoms with van der Waals surface area (Å²) in [5.74, 6) is 0.152. The number of halogens is 1. The number of hydrogen-bond acceptors (Lipinski definition) is 1. The van der Waals surface area contributed by atoms with Gasteiger partial charge in [-0.1, -0.05) is 25.1 Å². The first-order valence-corrected chi connectivity index (χ1v) is 4.53. The maximum absolute atomic E-state index is 11.2. The van der Waals surface area contributed by atoms with E-state index in [2.05, 4.69) is 6.58 Å². The average molecular weight is 198 g/mol. The predicted molar refractivity (Wildman–Crippen MR) is 54.0 cm³/mol. The van der Waals surface area contributed by atoms with Gasteiger partial charge in [-0.3, -0.25) is 4.79 Å². The van der Waals surface area contributed by atoms with Gasteiger partial charge >= 0.3 is 0 Å². The molecule has 0 saturated heterocycles. The number of hydrogen-bond donors (Lipinski definition) is 0. The van der Waals surface area contributed by atoms with Crippen LogP contribution in [0.1, 0.15) is 23.7 Å². The Bertz CT molecular complexity index is 327. The van der Waals surface area contributed by atoms with E-state index in [0.29, 0.717) is 18.0 Å². The molecular weight excluding hydrogens is 186 g/mol. The zero-order valence-corrected chi connectivity index (χ0v) is 8.34. The maximum atomic E-state index is 11.2. The minimum Gasteiger partial charge on any atom is -0.348 e. The van der Waals surface area contributed by atoms with Gasteiger partial charge in [0.25, 0.3) is 0 Å². The number of aromatic nitrogens is 1. The van der Waals surface area contributed by atoms with E-state index in [9.17, 15) is 4.79 Å². The number of allylic oxidation sites excluding steroid dienone is 1. The number of carbonyl (C=O) groups excluding carboxylic acids is 1. The van der Waals surface area contributed by atoms with Crippen molar-refractivity contribution >= 4 is 17.4 Å². The van der Waals surface area contributed by atoms with Gasteiger partial charge in [-0.05, 0) is 6.07 Å². The number of Topliss-reactive ketones (excluding diaryl/α,β-unsaturated/α-hetero) is 1. The van der Waals surface area contributed by atoms with Crippen molar-refractivity contribution in [3.05, 3.63) is 35.6 Å². The SMILES string of the molecule is C=C(Cl)Cn1ccc(C(=O)CC)c1. The molecule has 13 heavy (non-hydrogen) atoms. The quantitative estimate of drug-likeness (QED) is 0.681. The molecule has 0 spiro atoms. The minimum atomic E-state index is 0.152. The van der Waals surface area contributed by atoms with E-state index < -0.39 is 0 Å². The summed E-state index contributed by atoms with van der Waals surface area (Å²) in [6.45, 7) is 5.99. The molecule has 0 N–H and O–H groups in total. The monoisotopic (exact) mass is 197 g/mol. The van der Waals surface area contributed by atoms with Gasteiger partial charge in [-0.25, -0.2) is 0 Å². The standard InChI is InChI=1S/C10H12ClNO/c1-3-10(13)9-4-5-12(7-9)6-8(2)11/h4-5,7H,2-3,6H2,1H3. The molecule has 2 nitrogen and oxygen atoms in total. The van der Waals surface area contributed by atoms with Gasteiger partial charge < -0.3 is 4.57 Å². The van der Waals surface area contributed by atoms with Gasteiger partial charge in [-0.15, -0.1) is 0 Å². The van der Waals surface area contributed by atoms with Crippen molar-refractivity contribution < 1.29 is 4.79 Å². The largest absolute Gasteiger partial charge is 0.348 e. The first-order valence-electron chi connectivity index (χ1n) is 4.15. The molecule has 0 unspecified atom stereocenters. The van der Waals surface area contributed by atoms with Crippen LogP contribution in [0.3, 0.4) is 0 Å². The number of rotatable bonds is 4. The van der Waals surface area contributed by atoms with E-state index in [1.165, 1.54) is 0 Å². The molecular formula is C10H12ClNO. The Balaban J connectivity index is 2.74. The zero-order valence-electron chi connectivity index (χ0n) is 7.59. The summed E-state index contributed by atoms with van der Waals surface area (Å²) in [6, 6.07) is 1.80. The molecule has 0 bridgehead atoms. The van der Waals surface area contributed by atoms with E-state index in [4.69, 9.17) is 11.6 Å². The van der Waals surface area contributed by atoms with Crippen LogP contribution in [-0.2, 0) is 6.54 Å². The highest BCUT2D eigenvalue weighted by molar-refractivity contribution is 6.29. The number of nitrogens with zero attached hydrogens (tertiary/aromatic N) is 1. The summed E-state index contributed by atoms with van der Waals surface area (Å²) in [5.41, 5.74) is 0.736. The van der Waals surface area contributed by atoms with Gasteiger partial charge in [0, 0.05) is 29.4 Å². The highest BCUT2D eigenvalue weighted by Gasteiger charge is 2.04. The van der Waals surface area contributed by atoms with Crippen molar-refractivity contribution in [3.8, 4) is 0 Å². The molecule has 0 fully saturated rings. The third kappa shape index (κ3) is 2.74. The van der Waals surface area contributed by atoms with Crippen LogP contribution >= 0.6 is 11.6 Å². The van der Waals surface area contributed by atoms with Crippen LogP contribution in [0.5, 0.6) is 0 Å². The normalized spacial score (nSPS) is 10.0. The lowest BCUT2D eigenvalue weighted by molar-refractivity contribution is 0.0988. The van der Waals surface area contributed by atoms with E-state index in [0.717, 1.165) is 5.56 Å². The predicted octanol–water partition coefficient (Wildman–Crippen LogP) is 2.83. The fourth-order valence-electron chi connectivity index (χ4n) is 1.11. The second-order valence-electron chi connectivity index (χ2n) is 2.87. The lowest BCUT2D eigenvalue weighted by atomic mass is 10.2. The molecule has 0 aliphatic carbocycles. The third-order valence-corrected chi connectivity index (χ3v) is 1.87. The summed E-state index contributed by atoms with van der Waals surface area (Å²) in [4.78, 5) is 11.2. The Hall–Kier alpha value is -1.02. The lowest BCUT2D eigenvalue weighted by Gasteiger charge is -1.98. The summed E-state index contributed by atoms with van der Waals surface area (Å²) in [7, 11) is 0. The molecule has 0 saturated carbocycles. The average Bonchev–Trinajstić information content (AvgIpc) is 2.50. The van der Waals surface area contributed by atoms with E-state index in [-0.39, 0.29) is 5.78 Å². The summed E-state index contributed by atoms with van der Waals surface area (Å²) < 4.78 is 1.85. The van der Waals surface area contributed by atoms with Crippen molar-refractivity contribution in [2.24, 2.45) is 0 Å². The first kappa shape index (κ1) is 10.1. The van der Waals surface area contributed by atoms with Gasteiger partial charge in [-0.2, -0.15) is 0 Å². The fraction of sp³-hybridized carbons (Fsp3) is 0.300. The fourth-order valence-corrected chi connectivity index (χ4v) is 1.24. The highest BCUT2D eigenvalue weighted by atomic mass is 35.5. The second kappa shape index (κ2) is 4.28. The Morgan fingerprint density at radius 1 is 1.69 bits per heavy atom. The zero-order chi connectivity index (χ0) is 9.84. The molecule has 0 amide bonds. The molecule has 0 aromatic carbocycles. The van der Waals surface area contributed by atoms with Crippen molar-refractivity contribution in [3.63, 3.8) is 0 Å². The van der Waals surface area contributed by atoms with Crippen LogP contribution in [0.15, 0.2) is 30.1 Å². The van der Waals surface area contributed by atoms with Gasteiger partial charge in [0.1, 0.15) is 0 Å². The molecule has 70 valence electrons. The summed E-state index contributed by atoms with van der Waals surface area (Å²) in [5, 5.41) is 0.561. The van der Waals surface area contributed by atoms with E-state index in [1.807, 2.05) is 17.7 Å². The summed E-state index contributed by atoms with van der Waals surface area (Å²) >= 11 is 5.63. The van der Waals surface area contributed by atoms with Crippen molar-refractivity contribution in [2.75, 3.05) is 0 Å². The van der Waals surface area contributed by atoms with Crippen LogP contribution in [0, 0.1) is 0 Å². The third-order valence-electron chi connectivity index (χ3n) is 1.75. The van der Waals surface area contributed by atoms with Gasteiger partial charge in [0.05, 0.1) is 6.54 Å². The Morgan fingerprint density at radius 3 is 2.92 bits per heavy atom. The van der Waals surface area contributed by atoms with Crippen molar-refractivity contribution in [1.82, 2.24) is 4.57 Å². The smallest absolute Gasteiger partial charge is 0.164 e. The topological polar surface area (TPSA) is 22.0 Å². The van der Waals surface area contributed by atoms with Crippen LogP contribution in [-0.4, -0.2) is 10.4 Å². The Labute approximate surface area is 82.8 Å². The van der Waals surface area contributed by atoms with Crippen LogP contribution in [0.2, 0.25) is 0 Å². The molecule has 0 aliphatic heterocycles. The van der Waals surface area contributed by atoms with Crippen molar-refractivity contribution in [1.29, 1.82) is 0 Å². The highest BCUT2D eigenvalue weighted by Crippen LogP contribution is 2.08. The number of ketones is 1. The first-order chi connectivity index (χ1) is 6.13. The van der Waals surface area contributed by atoms with Crippen LogP contribution < -0.4 is 0 Å². The Kier molecular flexibility index (Phi) is 3.32. The molecule has 1 aromatic rings.